The molecule has 2 aromatic rings. The Morgan fingerprint density at radius 2 is 2.21 bits per heavy atom. The van der Waals surface area contributed by atoms with Crippen molar-refractivity contribution >= 4 is 5.82 Å². The minimum absolute atomic E-state index is 0.207. The Kier molecular flexibility index (Phi) is 2.69. The third-order valence-corrected chi connectivity index (χ3v) is 3.11. The zero-order valence-electron chi connectivity index (χ0n) is 9.85. The molecular weight excluding hydrogens is 257 g/mol. The molecule has 0 aromatic carbocycles. The van der Waals surface area contributed by atoms with Crippen molar-refractivity contribution in [3.63, 3.8) is 0 Å². The number of nitrogens with one attached hydrogen (secondary N) is 1. The Balaban J connectivity index is 2.03. The molecule has 3 heterocycles. The molecule has 3 rings (SSSR count). The molecule has 0 amide bonds. The van der Waals surface area contributed by atoms with Crippen LogP contribution in [0.25, 0.3) is 0 Å². The Morgan fingerprint density at radius 3 is 2.89 bits per heavy atom. The van der Waals surface area contributed by atoms with E-state index in [0.29, 0.717) is 18.8 Å². The van der Waals surface area contributed by atoms with Crippen LogP contribution in [-0.2, 0) is 6.18 Å². The van der Waals surface area contributed by atoms with Crippen LogP contribution in [0.2, 0.25) is 0 Å². The average molecular weight is 268 g/mol. The number of pyridine rings is 1. The van der Waals surface area contributed by atoms with E-state index < -0.39 is 11.9 Å². The van der Waals surface area contributed by atoms with Crippen LogP contribution in [0, 0.1) is 0 Å². The maximum absolute atomic E-state index is 12.7. The first-order valence-corrected chi connectivity index (χ1v) is 5.86. The van der Waals surface area contributed by atoms with Gasteiger partial charge in [-0.2, -0.15) is 18.3 Å². The number of anilines is 1. The summed E-state index contributed by atoms with van der Waals surface area (Å²) in [7, 11) is 0. The van der Waals surface area contributed by atoms with Gasteiger partial charge in [-0.05, 0) is 18.1 Å². The van der Waals surface area contributed by atoms with Gasteiger partial charge in [-0.15, -0.1) is 0 Å². The SMILES string of the molecule is FC(F)(F)c1cc2n(n1)C(c1cccnc1)CCN2. The molecular formula is C12H11F3N4. The molecule has 100 valence electrons. The molecule has 1 unspecified atom stereocenters. The number of halogens is 3. The summed E-state index contributed by atoms with van der Waals surface area (Å²) < 4.78 is 39.5. The summed E-state index contributed by atoms with van der Waals surface area (Å²) >= 11 is 0. The first-order valence-electron chi connectivity index (χ1n) is 5.86. The number of nitrogens with zero attached hydrogens (tertiary/aromatic N) is 3. The molecule has 0 fully saturated rings. The fourth-order valence-corrected chi connectivity index (χ4v) is 2.24. The molecule has 1 aliphatic heterocycles. The second-order valence-corrected chi connectivity index (χ2v) is 4.37. The van der Waals surface area contributed by atoms with Crippen molar-refractivity contribution in [1.82, 2.24) is 14.8 Å². The van der Waals surface area contributed by atoms with Crippen LogP contribution < -0.4 is 5.32 Å². The number of rotatable bonds is 1. The van der Waals surface area contributed by atoms with E-state index in [4.69, 9.17) is 0 Å². The molecule has 1 aliphatic rings. The molecule has 4 nitrogen and oxygen atoms in total. The number of fused-ring (bicyclic) bond motifs is 1. The first-order chi connectivity index (χ1) is 9.05. The predicted octanol–water partition coefficient (Wildman–Crippen LogP) is 2.70. The highest BCUT2D eigenvalue weighted by molar-refractivity contribution is 5.41. The summed E-state index contributed by atoms with van der Waals surface area (Å²) in [5.41, 5.74) is -0.00661. The van der Waals surface area contributed by atoms with Gasteiger partial charge in [-0.3, -0.25) is 4.98 Å². The van der Waals surface area contributed by atoms with E-state index in [1.165, 1.54) is 4.68 Å². The third kappa shape index (κ3) is 2.16. The van der Waals surface area contributed by atoms with Crippen molar-refractivity contribution in [2.45, 2.75) is 18.6 Å². The van der Waals surface area contributed by atoms with Crippen LogP contribution in [0.4, 0.5) is 19.0 Å². The summed E-state index contributed by atoms with van der Waals surface area (Å²) in [4.78, 5) is 4.00. The number of hydrogen-bond acceptors (Lipinski definition) is 3. The smallest absolute Gasteiger partial charge is 0.370 e. The van der Waals surface area contributed by atoms with Gasteiger partial charge < -0.3 is 5.32 Å². The second kappa shape index (κ2) is 4.25. The molecule has 0 saturated heterocycles. The quantitative estimate of drug-likeness (QED) is 0.864. The van der Waals surface area contributed by atoms with Gasteiger partial charge in [-0.25, -0.2) is 4.68 Å². The molecule has 7 heteroatoms. The highest BCUT2D eigenvalue weighted by Crippen LogP contribution is 2.35. The molecule has 0 saturated carbocycles. The zero-order chi connectivity index (χ0) is 13.5. The molecule has 1 atom stereocenters. The molecule has 19 heavy (non-hydrogen) atoms. The lowest BCUT2D eigenvalue weighted by Gasteiger charge is -2.25. The van der Waals surface area contributed by atoms with Crippen molar-refractivity contribution in [3.8, 4) is 0 Å². The second-order valence-electron chi connectivity index (χ2n) is 4.37. The number of hydrogen-bond donors (Lipinski definition) is 1. The Morgan fingerprint density at radius 1 is 1.37 bits per heavy atom. The van der Waals surface area contributed by atoms with E-state index in [2.05, 4.69) is 15.4 Å². The van der Waals surface area contributed by atoms with E-state index in [0.717, 1.165) is 11.6 Å². The van der Waals surface area contributed by atoms with Gasteiger partial charge in [0.15, 0.2) is 5.69 Å². The van der Waals surface area contributed by atoms with Gasteiger partial charge in [0.1, 0.15) is 5.82 Å². The van der Waals surface area contributed by atoms with Gasteiger partial charge in [-0.1, -0.05) is 6.07 Å². The zero-order valence-corrected chi connectivity index (χ0v) is 9.85. The lowest BCUT2D eigenvalue weighted by atomic mass is 10.0. The third-order valence-electron chi connectivity index (χ3n) is 3.11. The van der Waals surface area contributed by atoms with Crippen LogP contribution in [0.3, 0.4) is 0 Å². The fourth-order valence-electron chi connectivity index (χ4n) is 2.24. The average Bonchev–Trinajstić information content (AvgIpc) is 2.83. The Bertz CT molecular complexity index is 576. The van der Waals surface area contributed by atoms with Gasteiger partial charge >= 0.3 is 6.18 Å². The standard InChI is InChI=1S/C12H11F3N4/c13-12(14,15)10-6-11-17-5-3-9(19(11)18-10)8-2-1-4-16-7-8/h1-2,4,6-7,9,17H,3,5H2. The van der Waals surface area contributed by atoms with E-state index in [1.807, 2.05) is 6.07 Å². The highest BCUT2D eigenvalue weighted by atomic mass is 19.4. The van der Waals surface area contributed by atoms with Gasteiger partial charge in [0.2, 0.25) is 0 Å². The predicted molar refractivity (Wildman–Crippen MR) is 62.7 cm³/mol. The largest absolute Gasteiger partial charge is 0.435 e. The van der Waals surface area contributed by atoms with Crippen molar-refractivity contribution in [2.24, 2.45) is 0 Å². The molecule has 2 aromatic heterocycles. The number of aromatic nitrogens is 3. The highest BCUT2D eigenvalue weighted by Gasteiger charge is 2.36. The molecule has 0 spiro atoms. The molecule has 0 bridgehead atoms. The van der Waals surface area contributed by atoms with E-state index in [-0.39, 0.29) is 6.04 Å². The maximum atomic E-state index is 12.7. The summed E-state index contributed by atoms with van der Waals surface area (Å²) in [6.07, 6.45) is -0.451. The summed E-state index contributed by atoms with van der Waals surface area (Å²) in [5.74, 6) is 0.396. The van der Waals surface area contributed by atoms with Crippen molar-refractivity contribution in [1.29, 1.82) is 0 Å². The molecule has 1 N–H and O–H groups in total. The fraction of sp³-hybridized carbons (Fsp3) is 0.333. The normalized spacial score (nSPS) is 18.8. The van der Waals surface area contributed by atoms with Crippen LogP contribution in [0.1, 0.15) is 23.7 Å². The van der Waals surface area contributed by atoms with E-state index >= 15 is 0 Å². The van der Waals surface area contributed by atoms with Crippen LogP contribution in [0.15, 0.2) is 30.6 Å². The van der Waals surface area contributed by atoms with E-state index in [1.54, 1.807) is 18.5 Å². The maximum Gasteiger partial charge on any atom is 0.435 e. The minimum atomic E-state index is -4.43. The van der Waals surface area contributed by atoms with Crippen LogP contribution in [-0.4, -0.2) is 21.3 Å². The number of alkyl halides is 3. The van der Waals surface area contributed by atoms with E-state index in [9.17, 15) is 13.2 Å². The van der Waals surface area contributed by atoms with Gasteiger partial charge in [0.05, 0.1) is 6.04 Å². The summed E-state index contributed by atoms with van der Waals surface area (Å²) in [6, 6.07) is 4.45. The monoisotopic (exact) mass is 268 g/mol. The lowest BCUT2D eigenvalue weighted by molar-refractivity contribution is -0.141. The summed E-state index contributed by atoms with van der Waals surface area (Å²) in [6.45, 7) is 0.614. The van der Waals surface area contributed by atoms with Crippen molar-refractivity contribution < 1.29 is 13.2 Å². The first kappa shape index (κ1) is 12.0. The topological polar surface area (TPSA) is 42.7 Å². The summed E-state index contributed by atoms with van der Waals surface area (Å²) in [5, 5.41) is 6.62. The Hall–Kier alpha value is -2.05. The van der Waals surface area contributed by atoms with Gasteiger partial charge in [0.25, 0.3) is 0 Å². The minimum Gasteiger partial charge on any atom is -0.370 e. The lowest BCUT2D eigenvalue weighted by Crippen LogP contribution is -2.24. The Labute approximate surface area is 107 Å². The molecule has 0 radical (unpaired) electrons. The van der Waals surface area contributed by atoms with Crippen LogP contribution in [0.5, 0.6) is 0 Å². The van der Waals surface area contributed by atoms with Crippen LogP contribution >= 0.6 is 0 Å². The molecule has 0 aliphatic carbocycles. The van der Waals surface area contributed by atoms with Crippen molar-refractivity contribution in [3.05, 3.63) is 41.9 Å². The van der Waals surface area contributed by atoms with Gasteiger partial charge in [0, 0.05) is 25.0 Å². The van der Waals surface area contributed by atoms with Crippen molar-refractivity contribution in [2.75, 3.05) is 11.9 Å².